The van der Waals surface area contributed by atoms with Crippen molar-refractivity contribution in [1.29, 1.82) is 0 Å². The van der Waals surface area contributed by atoms with Crippen LogP contribution in [0.25, 0.3) is 0 Å². The van der Waals surface area contributed by atoms with Gasteiger partial charge < -0.3 is 15.8 Å². The highest BCUT2D eigenvalue weighted by Crippen LogP contribution is 2.10. The average Bonchev–Trinajstić information content (AvgIpc) is 2.05. The van der Waals surface area contributed by atoms with Gasteiger partial charge in [0.2, 0.25) is 0 Å². The predicted molar refractivity (Wildman–Crippen MR) is 51.2 cm³/mol. The van der Waals surface area contributed by atoms with E-state index in [-0.39, 0.29) is 5.11 Å². The van der Waals surface area contributed by atoms with E-state index >= 15 is 0 Å². The van der Waals surface area contributed by atoms with Crippen molar-refractivity contribution in [3.8, 4) is 5.75 Å². The van der Waals surface area contributed by atoms with Gasteiger partial charge in [0.1, 0.15) is 11.6 Å². The first-order valence-electron chi connectivity index (χ1n) is 3.29. The van der Waals surface area contributed by atoms with Crippen molar-refractivity contribution in [2.45, 2.75) is 0 Å². The van der Waals surface area contributed by atoms with Crippen LogP contribution in [0.3, 0.4) is 0 Å². The lowest BCUT2D eigenvalue weighted by Gasteiger charge is -2.02. The van der Waals surface area contributed by atoms with E-state index in [1.807, 2.05) is 0 Å². The van der Waals surface area contributed by atoms with Crippen LogP contribution in [0.1, 0.15) is 0 Å². The van der Waals surface area contributed by atoms with E-state index in [1.54, 1.807) is 25.4 Å². The third-order valence-electron chi connectivity index (χ3n) is 1.22. The highest BCUT2D eigenvalue weighted by atomic mass is 32.1. The second-order valence-electron chi connectivity index (χ2n) is 2.07. The summed E-state index contributed by atoms with van der Waals surface area (Å²) < 4.78 is 4.92. The number of nitrogens with one attached hydrogen (secondary N) is 1. The molecule has 1 rings (SSSR count). The molecule has 0 bridgehead atoms. The minimum absolute atomic E-state index is 0.202. The molecule has 1 heterocycles. The Hall–Kier alpha value is -1.36. The van der Waals surface area contributed by atoms with Gasteiger partial charge in [0.05, 0.1) is 13.3 Å². The molecule has 0 aliphatic carbocycles. The second-order valence-corrected chi connectivity index (χ2v) is 2.51. The summed E-state index contributed by atoms with van der Waals surface area (Å²) in [5.74, 6) is 1.31. The minimum Gasteiger partial charge on any atom is -0.495 e. The Morgan fingerprint density at radius 1 is 1.67 bits per heavy atom. The molecule has 64 valence electrons. The number of pyridine rings is 1. The van der Waals surface area contributed by atoms with Crippen LogP contribution in [-0.2, 0) is 0 Å². The van der Waals surface area contributed by atoms with Crippen LogP contribution >= 0.6 is 12.2 Å². The van der Waals surface area contributed by atoms with Gasteiger partial charge in [-0.1, -0.05) is 0 Å². The van der Waals surface area contributed by atoms with E-state index in [0.717, 1.165) is 0 Å². The van der Waals surface area contributed by atoms with Crippen LogP contribution in [0.4, 0.5) is 5.82 Å². The predicted octanol–water partition coefficient (Wildman–Crippen LogP) is 0.746. The highest BCUT2D eigenvalue weighted by Gasteiger charge is 1.94. The zero-order valence-corrected chi connectivity index (χ0v) is 7.39. The number of aromatic nitrogens is 1. The van der Waals surface area contributed by atoms with Crippen molar-refractivity contribution in [3.05, 3.63) is 18.3 Å². The molecule has 0 aliphatic heterocycles. The molecule has 0 saturated heterocycles. The van der Waals surface area contributed by atoms with Gasteiger partial charge >= 0.3 is 0 Å². The molecule has 0 aliphatic rings. The summed E-state index contributed by atoms with van der Waals surface area (Å²) in [6.07, 6.45) is 1.58. The lowest BCUT2D eigenvalue weighted by Crippen LogP contribution is -2.19. The number of hydrogen-bond donors (Lipinski definition) is 2. The topological polar surface area (TPSA) is 60.2 Å². The summed E-state index contributed by atoms with van der Waals surface area (Å²) in [6, 6.07) is 3.51. The molecule has 12 heavy (non-hydrogen) atoms. The Morgan fingerprint density at radius 3 is 2.83 bits per heavy atom. The minimum atomic E-state index is 0.202. The Bertz CT molecular complexity index is 272. The van der Waals surface area contributed by atoms with Gasteiger partial charge in [-0.2, -0.15) is 0 Å². The van der Waals surface area contributed by atoms with Crippen molar-refractivity contribution in [2.75, 3.05) is 12.4 Å². The lowest BCUT2D eigenvalue weighted by atomic mass is 10.4. The molecule has 0 fully saturated rings. The second kappa shape index (κ2) is 3.87. The molecule has 0 amide bonds. The number of nitrogens with zero attached hydrogens (tertiary/aromatic N) is 1. The molecular formula is C7H9N3OS. The number of thiocarbonyl (C=S) groups is 1. The number of ether oxygens (including phenoxy) is 1. The van der Waals surface area contributed by atoms with Crippen LogP contribution < -0.4 is 15.8 Å². The molecule has 1 aromatic heterocycles. The average molecular weight is 183 g/mol. The van der Waals surface area contributed by atoms with E-state index in [2.05, 4.69) is 22.5 Å². The van der Waals surface area contributed by atoms with Gasteiger partial charge in [0.15, 0.2) is 5.11 Å². The quantitative estimate of drug-likeness (QED) is 0.662. The summed E-state index contributed by atoms with van der Waals surface area (Å²) in [6.45, 7) is 0. The summed E-state index contributed by atoms with van der Waals surface area (Å²) >= 11 is 4.63. The molecule has 0 unspecified atom stereocenters. The fourth-order valence-electron chi connectivity index (χ4n) is 0.701. The highest BCUT2D eigenvalue weighted by molar-refractivity contribution is 7.80. The standard InChI is InChI=1S/C7H9N3OS/c1-11-5-2-3-6(9-4-5)10-7(8)12/h2-4H,1H3,(H3,8,9,10,12). The maximum atomic E-state index is 5.24. The van der Waals surface area contributed by atoms with Gasteiger partial charge in [-0.15, -0.1) is 0 Å². The Labute approximate surface area is 75.7 Å². The molecule has 0 aromatic carbocycles. The molecule has 0 saturated carbocycles. The largest absolute Gasteiger partial charge is 0.495 e. The maximum absolute atomic E-state index is 5.24. The SMILES string of the molecule is COc1ccc(NC(N)=S)nc1. The fraction of sp³-hybridized carbons (Fsp3) is 0.143. The fourth-order valence-corrected chi connectivity index (χ4v) is 0.806. The normalized spacial score (nSPS) is 9.08. The number of anilines is 1. The molecule has 0 radical (unpaired) electrons. The molecular weight excluding hydrogens is 174 g/mol. The smallest absolute Gasteiger partial charge is 0.169 e. The van der Waals surface area contributed by atoms with E-state index in [9.17, 15) is 0 Å². The molecule has 4 nitrogen and oxygen atoms in total. The van der Waals surface area contributed by atoms with Crippen LogP contribution in [-0.4, -0.2) is 17.2 Å². The lowest BCUT2D eigenvalue weighted by molar-refractivity contribution is 0.413. The van der Waals surface area contributed by atoms with Crippen LogP contribution in [0.5, 0.6) is 5.75 Å². The molecule has 1 aromatic rings. The first-order chi connectivity index (χ1) is 5.72. The van der Waals surface area contributed by atoms with Crippen LogP contribution in [0, 0.1) is 0 Å². The van der Waals surface area contributed by atoms with Gasteiger partial charge in [-0.25, -0.2) is 4.98 Å². The molecule has 0 spiro atoms. The van der Waals surface area contributed by atoms with Crippen molar-refractivity contribution >= 4 is 23.1 Å². The van der Waals surface area contributed by atoms with Crippen LogP contribution in [0.15, 0.2) is 18.3 Å². The number of nitrogens with two attached hydrogens (primary N) is 1. The number of rotatable bonds is 2. The molecule has 3 N–H and O–H groups in total. The van der Waals surface area contributed by atoms with Crippen molar-refractivity contribution in [2.24, 2.45) is 5.73 Å². The van der Waals surface area contributed by atoms with Crippen molar-refractivity contribution in [3.63, 3.8) is 0 Å². The van der Waals surface area contributed by atoms with Gasteiger partial charge in [-0.05, 0) is 24.4 Å². The number of methoxy groups -OCH3 is 1. The maximum Gasteiger partial charge on any atom is 0.169 e. The first-order valence-corrected chi connectivity index (χ1v) is 3.69. The zero-order chi connectivity index (χ0) is 8.97. The van der Waals surface area contributed by atoms with Gasteiger partial charge in [0, 0.05) is 0 Å². The van der Waals surface area contributed by atoms with Gasteiger partial charge in [0.25, 0.3) is 0 Å². The molecule has 5 heteroatoms. The van der Waals surface area contributed by atoms with Crippen molar-refractivity contribution < 1.29 is 4.74 Å². The van der Waals surface area contributed by atoms with E-state index < -0.39 is 0 Å². The summed E-state index contributed by atoms with van der Waals surface area (Å²) in [7, 11) is 1.58. The first kappa shape index (κ1) is 8.73. The van der Waals surface area contributed by atoms with Crippen LogP contribution in [0.2, 0.25) is 0 Å². The third kappa shape index (κ3) is 2.35. The zero-order valence-electron chi connectivity index (χ0n) is 6.57. The van der Waals surface area contributed by atoms with E-state index in [1.165, 1.54) is 0 Å². The summed E-state index contributed by atoms with van der Waals surface area (Å²) in [5.41, 5.74) is 5.24. The van der Waals surface area contributed by atoms with E-state index in [0.29, 0.717) is 11.6 Å². The Balaban J connectivity index is 2.71. The van der Waals surface area contributed by atoms with Gasteiger partial charge in [-0.3, -0.25) is 0 Å². The molecule has 0 atom stereocenters. The Morgan fingerprint density at radius 2 is 2.42 bits per heavy atom. The summed E-state index contributed by atoms with van der Waals surface area (Å²) in [5, 5.41) is 2.90. The summed E-state index contributed by atoms with van der Waals surface area (Å²) in [4.78, 5) is 3.99. The van der Waals surface area contributed by atoms with Crippen molar-refractivity contribution in [1.82, 2.24) is 4.98 Å². The monoisotopic (exact) mass is 183 g/mol. The third-order valence-corrected chi connectivity index (χ3v) is 1.33. The van der Waals surface area contributed by atoms with E-state index in [4.69, 9.17) is 10.5 Å². The number of hydrogen-bond acceptors (Lipinski definition) is 3. The Kier molecular flexibility index (Phi) is 2.82.